The van der Waals surface area contributed by atoms with Crippen molar-refractivity contribution < 1.29 is 0 Å². The Morgan fingerprint density at radius 2 is 2.25 bits per heavy atom. The molecule has 0 aliphatic rings. The monoisotopic (exact) mass is 254 g/mol. The highest BCUT2D eigenvalue weighted by Crippen LogP contribution is 2.27. The maximum Gasteiger partial charge on any atom is 0.0944 e. The first-order chi connectivity index (χ1) is 7.68. The van der Waals surface area contributed by atoms with Crippen LogP contribution in [0.15, 0.2) is 11.6 Å². The van der Waals surface area contributed by atoms with E-state index in [2.05, 4.69) is 28.4 Å². The second kappa shape index (κ2) is 4.99. The second-order valence-corrected chi connectivity index (χ2v) is 5.68. The molecule has 2 heterocycles. The summed E-state index contributed by atoms with van der Waals surface area (Å²) in [5, 5.41) is 7.17. The Morgan fingerprint density at radius 3 is 2.88 bits per heavy atom. The van der Waals surface area contributed by atoms with E-state index in [1.54, 1.807) is 17.5 Å². The van der Waals surface area contributed by atoms with Gasteiger partial charge in [-0.2, -0.15) is 0 Å². The summed E-state index contributed by atoms with van der Waals surface area (Å²) in [7, 11) is 0. The first kappa shape index (κ1) is 11.6. The minimum absolute atomic E-state index is 0.0384. The molecule has 6 heteroatoms. The number of rotatable bonds is 4. The minimum atomic E-state index is -0.0384. The first-order valence-corrected chi connectivity index (χ1v) is 6.80. The van der Waals surface area contributed by atoms with E-state index in [-0.39, 0.29) is 6.04 Å². The third-order valence-electron chi connectivity index (χ3n) is 2.30. The summed E-state index contributed by atoms with van der Waals surface area (Å²) < 4.78 is 3.99. The van der Waals surface area contributed by atoms with Gasteiger partial charge in [-0.1, -0.05) is 18.3 Å². The Labute approximate surface area is 103 Å². The van der Waals surface area contributed by atoms with Gasteiger partial charge >= 0.3 is 0 Å². The third-order valence-corrected chi connectivity index (χ3v) is 3.98. The van der Waals surface area contributed by atoms with E-state index in [0.29, 0.717) is 5.92 Å². The maximum absolute atomic E-state index is 6.17. The fourth-order valence-electron chi connectivity index (χ4n) is 1.50. The van der Waals surface area contributed by atoms with Crippen LogP contribution in [0.1, 0.15) is 41.4 Å². The van der Waals surface area contributed by atoms with Crippen LogP contribution in [0.3, 0.4) is 0 Å². The highest BCUT2D eigenvalue weighted by Gasteiger charge is 2.18. The van der Waals surface area contributed by atoms with Gasteiger partial charge in [0.05, 0.1) is 15.6 Å². The molecule has 2 aromatic rings. The molecule has 0 aliphatic carbocycles. The Hall–Kier alpha value is -0.850. The molecule has 0 radical (unpaired) electrons. The molecule has 0 bridgehead atoms. The minimum Gasteiger partial charge on any atom is -0.323 e. The summed E-state index contributed by atoms with van der Waals surface area (Å²) in [4.78, 5) is 5.33. The number of hydrogen-bond acceptors (Lipinski definition) is 6. The lowest BCUT2D eigenvalue weighted by Gasteiger charge is -2.10. The number of hydrogen-bond donors (Lipinski definition) is 1. The van der Waals surface area contributed by atoms with Gasteiger partial charge in [0.25, 0.3) is 0 Å². The van der Waals surface area contributed by atoms with Crippen molar-refractivity contribution in [2.45, 2.75) is 32.2 Å². The molecule has 0 aliphatic heterocycles. The van der Waals surface area contributed by atoms with Gasteiger partial charge in [0.15, 0.2) is 0 Å². The normalized spacial score (nSPS) is 13.2. The molecular formula is C10H14N4S2. The molecule has 1 unspecified atom stereocenters. The van der Waals surface area contributed by atoms with Gasteiger partial charge in [0.2, 0.25) is 0 Å². The van der Waals surface area contributed by atoms with E-state index < -0.39 is 0 Å². The standard InChI is InChI=1S/C10H14N4S2/c1-6(2)9-10(16-14-13-9)7(11)5-8-12-3-4-15-8/h3-4,6-7H,5,11H2,1-2H3. The Bertz CT molecular complexity index is 435. The topological polar surface area (TPSA) is 64.7 Å². The highest BCUT2D eigenvalue weighted by molar-refractivity contribution is 7.09. The van der Waals surface area contributed by atoms with Crippen molar-refractivity contribution in [1.82, 2.24) is 14.6 Å². The summed E-state index contributed by atoms with van der Waals surface area (Å²) in [6, 6.07) is -0.0384. The quantitative estimate of drug-likeness (QED) is 0.909. The zero-order valence-electron chi connectivity index (χ0n) is 9.25. The largest absolute Gasteiger partial charge is 0.323 e. The van der Waals surface area contributed by atoms with Gasteiger partial charge in [0, 0.05) is 24.0 Å². The van der Waals surface area contributed by atoms with Crippen LogP contribution in [-0.4, -0.2) is 14.6 Å². The van der Waals surface area contributed by atoms with E-state index in [1.165, 1.54) is 11.5 Å². The van der Waals surface area contributed by atoms with Crippen LogP contribution in [0.2, 0.25) is 0 Å². The lowest BCUT2D eigenvalue weighted by molar-refractivity contribution is 0.698. The van der Waals surface area contributed by atoms with Crippen LogP contribution >= 0.6 is 22.9 Å². The molecular weight excluding hydrogens is 240 g/mol. The summed E-state index contributed by atoms with van der Waals surface area (Å²) in [6.07, 6.45) is 2.57. The van der Waals surface area contributed by atoms with Crippen LogP contribution in [0, 0.1) is 0 Å². The van der Waals surface area contributed by atoms with Crippen LogP contribution in [-0.2, 0) is 6.42 Å². The van der Waals surface area contributed by atoms with Gasteiger partial charge < -0.3 is 5.73 Å². The molecule has 2 N–H and O–H groups in total. The molecule has 4 nitrogen and oxygen atoms in total. The van der Waals surface area contributed by atoms with Crippen molar-refractivity contribution in [2.24, 2.45) is 5.73 Å². The number of aromatic nitrogens is 3. The molecule has 16 heavy (non-hydrogen) atoms. The molecule has 2 rings (SSSR count). The maximum atomic E-state index is 6.17. The first-order valence-electron chi connectivity index (χ1n) is 5.14. The second-order valence-electron chi connectivity index (χ2n) is 3.91. The van der Waals surface area contributed by atoms with Gasteiger partial charge in [-0.15, -0.1) is 16.4 Å². The molecule has 2 aromatic heterocycles. The third kappa shape index (κ3) is 2.45. The molecule has 0 fully saturated rings. The van der Waals surface area contributed by atoms with E-state index in [1.807, 2.05) is 5.38 Å². The van der Waals surface area contributed by atoms with Crippen molar-refractivity contribution in [2.75, 3.05) is 0 Å². The Kier molecular flexibility index (Phi) is 3.63. The average molecular weight is 254 g/mol. The van der Waals surface area contributed by atoms with Crippen molar-refractivity contribution in [1.29, 1.82) is 0 Å². The van der Waals surface area contributed by atoms with Crippen LogP contribution in [0.4, 0.5) is 0 Å². The lowest BCUT2D eigenvalue weighted by atomic mass is 10.1. The fraction of sp³-hybridized carbons (Fsp3) is 0.500. The summed E-state index contributed by atoms with van der Waals surface area (Å²) >= 11 is 3.03. The molecule has 0 aromatic carbocycles. The van der Waals surface area contributed by atoms with Gasteiger partial charge in [-0.25, -0.2) is 4.98 Å². The highest BCUT2D eigenvalue weighted by atomic mass is 32.1. The van der Waals surface area contributed by atoms with Crippen LogP contribution < -0.4 is 5.73 Å². The number of nitrogens with two attached hydrogens (primary N) is 1. The van der Waals surface area contributed by atoms with Gasteiger partial charge in [0.1, 0.15) is 0 Å². The Balaban J connectivity index is 2.14. The predicted octanol–water partition coefficient (Wildman–Crippen LogP) is 2.36. The van der Waals surface area contributed by atoms with E-state index >= 15 is 0 Å². The molecule has 0 amide bonds. The number of thiazole rings is 1. The van der Waals surface area contributed by atoms with Gasteiger partial charge in [-0.05, 0) is 17.5 Å². The van der Waals surface area contributed by atoms with Crippen molar-refractivity contribution in [3.8, 4) is 0 Å². The van der Waals surface area contributed by atoms with E-state index in [9.17, 15) is 0 Å². The zero-order valence-corrected chi connectivity index (χ0v) is 10.9. The average Bonchev–Trinajstić information content (AvgIpc) is 2.86. The predicted molar refractivity (Wildman–Crippen MR) is 66.7 cm³/mol. The molecule has 1 atom stereocenters. The summed E-state index contributed by atoms with van der Waals surface area (Å²) in [5.41, 5.74) is 7.19. The lowest BCUT2D eigenvalue weighted by Crippen LogP contribution is -2.14. The molecule has 86 valence electrons. The van der Waals surface area contributed by atoms with Gasteiger partial charge in [-0.3, -0.25) is 0 Å². The smallest absolute Gasteiger partial charge is 0.0944 e. The van der Waals surface area contributed by atoms with Crippen molar-refractivity contribution >= 4 is 22.9 Å². The SMILES string of the molecule is CC(C)c1nnsc1C(N)Cc1nccs1. The Morgan fingerprint density at radius 1 is 1.44 bits per heavy atom. The molecule has 0 spiro atoms. The summed E-state index contributed by atoms with van der Waals surface area (Å²) in [6.45, 7) is 4.21. The molecule has 0 saturated heterocycles. The van der Waals surface area contributed by atoms with Crippen LogP contribution in [0.5, 0.6) is 0 Å². The van der Waals surface area contributed by atoms with Crippen molar-refractivity contribution in [3.05, 3.63) is 27.2 Å². The summed E-state index contributed by atoms with van der Waals surface area (Å²) in [5.74, 6) is 0.371. The van der Waals surface area contributed by atoms with E-state index in [4.69, 9.17) is 5.73 Å². The number of nitrogens with zero attached hydrogens (tertiary/aromatic N) is 3. The zero-order chi connectivity index (χ0) is 11.5. The molecule has 0 saturated carbocycles. The fourth-order valence-corrected chi connectivity index (χ4v) is 2.98. The van der Waals surface area contributed by atoms with Crippen LogP contribution in [0.25, 0.3) is 0 Å². The van der Waals surface area contributed by atoms with Crippen molar-refractivity contribution in [3.63, 3.8) is 0 Å². The van der Waals surface area contributed by atoms with E-state index in [0.717, 1.165) is 22.0 Å².